The third kappa shape index (κ3) is 4.41. The molecule has 25 heavy (non-hydrogen) atoms. The number of carbonyl (C=O) groups is 2. The van der Waals surface area contributed by atoms with E-state index in [2.05, 4.69) is 27.9 Å². The van der Waals surface area contributed by atoms with Crippen LogP contribution in [-0.2, 0) is 9.53 Å². The zero-order valence-corrected chi connectivity index (χ0v) is 15.6. The molecule has 1 amide bonds. The van der Waals surface area contributed by atoms with Crippen molar-refractivity contribution in [2.24, 2.45) is 0 Å². The van der Waals surface area contributed by atoms with Crippen molar-refractivity contribution >= 4 is 40.2 Å². The average molecular weight is 453 g/mol. The van der Waals surface area contributed by atoms with E-state index in [0.717, 1.165) is 3.57 Å². The Bertz CT molecular complexity index is 791. The van der Waals surface area contributed by atoms with Gasteiger partial charge in [0.1, 0.15) is 13.2 Å². The number of hydrogen-bond donors (Lipinski definition) is 1. The fraction of sp³-hybridized carbons (Fsp3) is 0.222. The first-order valence-corrected chi connectivity index (χ1v) is 8.78. The van der Waals surface area contributed by atoms with Crippen LogP contribution in [0.15, 0.2) is 42.5 Å². The minimum absolute atomic E-state index is 0.402. The lowest BCUT2D eigenvalue weighted by Gasteiger charge is -2.19. The second-order valence-electron chi connectivity index (χ2n) is 5.40. The first-order valence-electron chi connectivity index (χ1n) is 7.70. The standard InChI is InChI=1S/C18H16INO5/c1-11(25-18(22)12-2-4-13(19)5-3-12)17(21)20-14-6-7-15-16(10-14)24-9-8-23-15/h2-7,10-11H,8-9H2,1H3,(H,20,21)/t11-/m1/s1. The average Bonchev–Trinajstić information content (AvgIpc) is 2.62. The van der Waals surface area contributed by atoms with E-state index in [9.17, 15) is 9.59 Å². The smallest absolute Gasteiger partial charge is 0.338 e. The van der Waals surface area contributed by atoms with Gasteiger partial charge in [-0.25, -0.2) is 4.79 Å². The summed E-state index contributed by atoms with van der Waals surface area (Å²) in [6.07, 6.45) is -0.931. The molecule has 0 spiro atoms. The predicted molar refractivity (Wildman–Crippen MR) is 100 cm³/mol. The summed E-state index contributed by atoms with van der Waals surface area (Å²) in [6, 6.07) is 12.0. The van der Waals surface area contributed by atoms with Crippen molar-refractivity contribution in [3.05, 3.63) is 51.6 Å². The van der Waals surface area contributed by atoms with Crippen molar-refractivity contribution in [3.8, 4) is 11.5 Å². The lowest BCUT2D eigenvalue weighted by Crippen LogP contribution is -2.30. The highest BCUT2D eigenvalue weighted by molar-refractivity contribution is 14.1. The Balaban J connectivity index is 1.60. The molecular weight excluding hydrogens is 437 g/mol. The second kappa shape index (κ2) is 7.73. The molecule has 0 saturated heterocycles. The minimum Gasteiger partial charge on any atom is -0.486 e. The topological polar surface area (TPSA) is 73.9 Å². The molecule has 1 atom stereocenters. The highest BCUT2D eigenvalue weighted by Crippen LogP contribution is 2.32. The van der Waals surface area contributed by atoms with Crippen LogP contribution in [0.4, 0.5) is 5.69 Å². The predicted octanol–water partition coefficient (Wildman–Crippen LogP) is 3.25. The largest absolute Gasteiger partial charge is 0.486 e. The number of ether oxygens (including phenoxy) is 3. The van der Waals surface area contributed by atoms with Gasteiger partial charge in [-0.15, -0.1) is 0 Å². The maximum Gasteiger partial charge on any atom is 0.338 e. The Morgan fingerprint density at radius 3 is 2.48 bits per heavy atom. The SMILES string of the molecule is C[C@@H](OC(=O)c1ccc(I)cc1)C(=O)Nc1ccc2c(c1)OCCO2. The number of halogens is 1. The van der Waals surface area contributed by atoms with Gasteiger partial charge in [0.15, 0.2) is 17.6 Å². The molecule has 1 heterocycles. The number of hydrogen-bond acceptors (Lipinski definition) is 5. The summed E-state index contributed by atoms with van der Waals surface area (Å²) in [4.78, 5) is 24.3. The van der Waals surface area contributed by atoms with E-state index in [1.807, 2.05) is 0 Å². The third-order valence-corrected chi connectivity index (χ3v) is 4.26. The molecular formula is C18H16INO5. The normalized spacial score (nSPS) is 13.7. The van der Waals surface area contributed by atoms with Crippen LogP contribution in [0.5, 0.6) is 11.5 Å². The molecule has 0 aliphatic carbocycles. The van der Waals surface area contributed by atoms with Crippen molar-refractivity contribution in [3.63, 3.8) is 0 Å². The molecule has 2 aromatic carbocycles. The van der Waals surface area contributed by atoms with Crippen LogP contribution < -0.4 is 14.8 Å². The van der Waals surface area contributed by atoms with Crippen LogP contribution in [0.1, 0.15) is 17.3 Å². The lowest BCUT2D eigenvalue weighted by molar-refractivity contribution is -0.123. The fourth-order valence-electron chi connectivity index (χ4n) is 2.23. The monoisotopic (exact) mass is 453 g/mol. The van der Waals surface area contributed by atoms with Crippen LogP contribution in [-0.4, -0.2) is 31.2 Å². The van der Waals surface area contributed by atoms with Crippen LogP contribution in [0.3, 0.4) is 0 Å². The molecule has 0 aromatic heterocycles. The molecule has 7 heteroatoms. The number of carbonyl (C=O) groups excluding carboxylic acids is 2. The van der Waals surface area contributed by atoms with Crippen molar-refractivity contribution < 1.29 is 23.8 Å². The fourth-order valence-corrected chi connectivity index (χ4v) is 2.59. The Morgan fingerprint density at radius 1 is 1.08 bits per heavy atom. The number of fused-ring (bicyclic) bond motifs is 1. The van der Waals surface area contributed by atoms with E-state index in [1.165, 1.54) is 6.92 Å². The summed E-state index contributed by atoms with van der Waals surface area (Å²) in [7, 11) is 0. The third-order valence-electron chi connectivity index (χ3n) is 3.54. The molecule has 0 fully saturated rings. The maximum absolute atomic E-state index is 12.2. The highest BCUT2D eigenvalue weighted by Gasteiger charge is 2.20. The van der Waals surface area contributed by atoms with Gasteiger partial charge in [0.2, 0.25) is 0 Å². The summed E-state index contributed by atoms with van der Waals surface area (Å²) >= 11 is 2.15. The molecule has 1 aliphatic heterocycles. The van der Waals surface area contributed by atoms with Crippen molar-refractivity contribution in [1.29, 1.82) is 0 Å². The van der Waals surface area contributed by atoms with Gasteiger partial charge >= 0.3 is 5.97 Å². The molecule has 0 radical (unpaired) electrons. The molecule has 0 saturated carbocycles. The van der Waals surface area contributed by atoms with Crippen LogP contribution >= 0.6 is 22.6 Å². The van der Waals surface area contributed by atoms with Crippen LogP contribution in [0.2, 0.25) is 0 Å². The Morgan fingerprint density at radius 2 is 1.76 bits per heavy atom. The zero-order valence-electron chi connectivity index (χ0n) is 13.5. The first kappa shape index (κ1) is 17.5. The Hall–Kier alpha value is -2.29. The molecule has 130 valence electrons. The number of nitrogens with one attached hydrogen (secondary N) is 1. The Kier molecular flexibility index (Phi) is 5.42. The molecule has 6 nitrogen and oxygen atoms in total. The molecule has 2 aromatic rings. The van der Waals surface area contributed by atoms with E-state index in [4.69, 9.17) is 14.2 Å². The number of esters is 1. The van der Waals surface area contributed by atoms with Crippen LogP contribution in [0, 0.1) is 3.57 Å². The van der Waals surface area contributed by atoms with Gasteiger partial charge in [-0.3, -0.25) is 4.79 Å². The zero-order chi connectivity index (χ0) is 17.8. The van der Waals surface area contributed by atoms with Crippen molar-refractivity contribution in [2.45, 2.75) is 13.0 Å². The summed E-state index contributed by atoms with van der Waals surface area (Å²) in [5, 5.41) is 2.70. The second-order valence-corrected chi connectivity index (χ2v) is 6.65. The van der Waals surface area contributed by atoms with Crippen LogP contribution in [0.25, 0.3) is 0 Å². The van der Waals surface area contributed by atoms with Gasteiger partial charge in [0.05, 0.1) is 5.56 Å². The molecule has 1 N–H and O–H groups in total. The summed E-state index contributed by atoms with van der Waals surface area (Å²) in [5.41, 5.74) is 0.950. The molecule has 1 aliphatic rings. The van der Waals surface area contributed by atoms with Crippen molar-refractivity contribution in [1.82, 2.24) is 0 Å². The van der Waals surface area contributed by atoms with Gasteiger partial charge in [0, 0.05) is 15.3 Å². The number of anilines is 1. The first-order chi connectivity index (χ1) is 12.0. The molecule has 0 unspecified atom stereocenters. The summed E-state index contributed by atoms with van der Waals surface area (Å²) in [6.45, 7) is 2.50. The lowest BCUT2D eigenvalue weighted by atomic mass is 10.2. The van der Waals surface area contributed by atoms with E-state index >= 15 is 0 Å². The Labute approximate surface area is 158 Å². The van der Waals surface area contributed by atoms with E-state index < -0.39 is 18.0 Å². The van der Waals surface area contributed by atoms with Gasteiger partial charge in [-0.1, -0.05) is 0 Å². The number of rotatable bonds is 4. The van der Waals surface area contributed by atoms with Gasteiger partial charge in [-0.05, 0) is 65.9 Å². The number of amides is 1. The quantitative estimate of drug-likeness (QED) is 0.569. The molecule has 0 bridgehead atoms. The highest BCUT2D eigenvalue weighted by atomic mass is 127. The molecule has 3 rings (SSSR count). The van der Waals surface area contributed by atoms with E-state index in [1.54, 1.807) is 42.5 Å². The van der Waals surface area contributed by atoms with E-state index in [-0.39, 0.29) is 0 Å². The van der Waals surface area contributed by atoms with E-state index in [0.29, 0.717) is 36.0 Å². The minimum atomic E-state index is -0.931. The summed E-state index contributed by atoms with van der Waals surface area (Å²) in [5.74, 6) is 0.256. The number of benzene rings is 2. The maximum atomic E-state index is 12.2. The van der Waals surface area contributed by atoms with Gasteiger partial charge in [-0.2, -0.15) is 0 Å². The van der Waals surface area contributed by atoms with Gasteiger partial charge < -0.3 is 19.5 Å². The van der Waals surface area contributed by atoms with Crippen molar-refractivity contribution in [2.75, 3.05) is 18.5 Å². The van der Waals surface area contributed by atoms with Gasteiger partial charge in [0.25, 0.3) is 5.91 Å². The summed E-state index contributed by atoms with van der Waals surface area (Å²) < 4.78 is 17.1.